The average molecular weight is 334 g/mol. The van der Waals surface area contributed by atoms with Gasteiger partial charge >= 0.3 is 0 Å². The molecule has 0 spiro atoms. The Morgan fingerprint density at radius 2 is 1.79 bits per heavy atom. The number of phenolic OH excluding ortho intramolecular Hbond substituents is 1. The van der Waals surface area contributed by atoms with Crippen molar-refractivity contribution in [2.45, 2.75) is 0 Å². The molecule has 4 aromatic rings. The molecule has 0 aliphatic rings. The Hall–Kier alpha value is -3.05. The Morgan fingerprint density at radius 3 is 2.50 bits per heavy atom. The Kier molecular flexibility index (Phi) is 3.55. The molecule has 0 radical (unpaired) electrons. The molecule has 24 heavy (non-hydrogen) atoms. The van der Waals surface area contributed by atoms with Crippen molar-refractivity contribution in [3.8, 4) is 22.7 Å². The molecule has 2 heterocycles. The standard InChI is InChI=1S/C19H14N2O2S/c22-15-7-5-14(6-8-15)21-18-4-2-1-3-16(18)17(11-20-23)19(21)13-9-10-24-12-13/h1-12,22-23H. The lowest BCUT2D eigenvalue weighted by Gasteiger charge is -2.11. The van der Waals surface area contributed by atoms with Crippen molar-refractivity contribution >= 4 is 28.5 Å². The van der Waals surface area contributed by atoms with Gasteiger partial charge < -0.3 is 14.9 Å². The molecular weight excluding hydrogens is 320 g/mol. The maximum Gasteiger partial charge on any atom is 0.115 e. The first-order chi connectivity index (χ1) is 11.8. The zero-order valence-electron chi connectivity index (χ0n) is 12.6. The van der Waals surface area contributed by atoms with E-state index in [0.29, 0.717) is 0 Å². The number of nitrogens with zero attached hydrogens (tertiary/aromatic N) is 2. The molecule has 0 saturated carbocycles. The van der Waals surface area contributed by atoms with E-state index in [1.165, 1.54) is 6.21 Å². The zero-order chi connectivity index (χ0) is 16.5. The molecule has 118 valence electrons. The summed E-state index contributed by atoms with van der Waals surface area (Å²) < 4.78 is 2.12. The lowest BCUT2D eigenvalue weighted by molar-refractivity contribution is 0.322. The number of oxime groups is 1. The molecule has 0 atom stereocenters. The van der Waals surface area contributed by atoms with Crippen LogP contribution in [0.1, 0.15) is 5.56 Å². The molecule has 0 aliphatic heterocycles. The number of thiophene rings is 1. The van der Waals surface area contributed by atoms with Crippen LogP contribution in [0.2, 0.25) is 0 Å². The van der Waals surface area contributed by atoms with E-state index in [4.69, 9.17) is 5.21 Å². The van der Waals surface area contributed by atoms with Crippen LogP contribution in [0.15, 0.2) is 70.5 Å². The maximum absolute atomic E-state index is 9.60. The molecule has 2 aromatic carbocycles. The topological polar surface area (TPSA) is 57.8 Å². The SMILES string of the molecule is ON=Cc1c(-c2ccsc2)n(-c2ccc(O)cc2)c2ccccc12. The summed E-state index contributed by atoms with van der Waals surface area (Å²) in [7, 11) is 0. The summed E-state index contributed by atoms with van der Waals surface area (Å²) in [5.41, 5.74) is 4.82. The second kappa shape index (κ2) is 5.86. The number of aromatic hydroxyl groups is 1. The number of hydrogen-bond acceptors (Lipinski definition) is 4. The van der Waals surface area contributed by atoms with E-state index in [-0.39, 0.29) is 5.75 Å². The van der Waals surface area contributed by atoms with Gasteiger partial charge in [-0.05, 0) is 41.8 Å². The first-order valence-electron chi connectivity index (χ1n) is 7.42. The summed E-state index contributed by atoms with van der Waals surface area (Å²) in [5, 5.41) is 27.1. The Labute approximate surface area is 142 Å². The lowest BCUT2D eigenvalue weighted by Crippen LogP contribution is -1.97. The third-order valence-corrected chi connectivity index (χ3v) is 4.69. The first-order valence-corrected chi connectivity index (χ1v) is 8.36. The fourth-order valence-corrected chi connectivity index (χ4v) is 3.65. The summed E-state index contributed by atoms with van der Waals surface area (Å²) in [5.74, 6) is 0.226. The molecule has 0 fully saturated rings. The fraction of sp³-hybridized carbons (Fsp3) is 0. The monoisotopic (exact) mass is 334 g/mol. The zero-order valence-corrected chi connectivity index (χ0v) is 13.4. The van der Waals surface area contributed by atoms with E-state index in [0.717, 1.165) is 33.4 Å². The van der Waals surface area contributed by atoms with Crippen molar-refractivity contribution in [1.29, 1.82) is 0 Å². The number of aromatic nitrogens is 1. The van der Waals surface area contributed by atoms with Crippen molar-refractivity contribution < 1.29 is 10.3 Å². The molecule has 2 N–H and O–H groups in total. The molecule has 0 unspecified atom stereocenters. The largest absolute Gasteiger partial charge is 0.508 e. The molecule has 4 nitrogen and oxygen atoms in total. The number of phenols is 1. The molecule has 5 heteroatoms. The highest BCUT2D eigenvalue weighted by atomic mass is 32.1. The van der Waals surface area contributed by atoms with Gasteiger partial charge in [0.2, 0.25) is 0 Å². The quantitative estimate of drug-likeness (QED) is 0.319. The number of benzene rings is 2. The van der Waals surface area contributed by atoms with Gasteiger partial charge in [-0.2, -0.15) is 11.3 Å². The normalized spacial score (nSPS) is 11.5. The summed E-state index contributed by atoms with van der Waals surface area (Å²) in [4.78, 5) is 0. The van der Waals surface area contributed by atoms with Gasteiger partial charge in [-0.15, -0.1) is 0 Å². The van der Waals surface area contributed by atoms with Crippen LogP contribution in [0.3, 0.4) is 0 Å². The van der Waals surface area contributed by atoms with E-state index in [1.54, 1.807) is 23.5 Å². The van der Waals surface area contributed by atoms with Gasteiger partial charge in [-0.25, -0.2) is 0 Å². The highest BCUT2D eigenvalue weighted by Crippen LogP contribution is 2.36. The summed E-state index contributed by atoms with van der Waals surface area (Å²) in [6.07, 6.45) is 1.48. The molecule has 0 saturated heterocycles. The van der Waals surface area contributed by atoms with Gasteiger partial charge in [0.05, 0.1) is 17.4 Å². The van der Waals surface area contributed by atoms with Crippen LogP contribution in [-0.4, -0.2) is 21.1 Å². The molecule has 2 aromatic heterocycles. The Balaban J connectivity index is 2.14. The summed E-state index contributed by atoms with van der Waals surface area (Å²) >= 11 is 1.62. The lowest BCUT2D eigenvalue weighted by atomic mass is 10.1. The number of rotatable bonds is 3. The fourth-order valence-electron chi connectivity index (χ4n) is 3.01. The van der Waals surface area contributed by atoms with Crippen molar-refractivity contribution in [3.63, 3.8) is 0 Å². The predicted molar refractivity (Wildman–Crippen MR) is 97.6 cm³/mol. The second-order valence-corrected chi connectivity index (χ2v) is 6.17. The minimum Gasteiger partial charge on any atom is -0.508 e. The van der Waals surface area contributed by atoms with Gasteiger partial charge in [-0.1, -0.05) is 23.4 Å². The van der Waals surface area contributed by atoms with E-state index >= 15 is 0 Å². The van der Waals surface area contributed by atoms with Crippen LogP contribution >= 0.6 is 11.3 Å². The minimum atomic E-state index is 0.226. The number of hydrogen-bond donors (Lipinski definition) is 2. The smallest absolute Gasteiger partial charge is 0.115 e. The number of para-hydroxylation sites is 1. The van der Waals surface area contributed by atoms with E-state index < -0.39 is 0 Å². The molecule has 0 bridgehead atoms. The molecule has 0 aliphatic carbocycles. The Bertz CT molecular complexity index is 1020. The van der Waals surface area contributed by atoms with Gasteiger partial charge in [0, 0.05) is 27.6 Å². The van der Waals surface area contributed by atoms with Crippen molar-refractivity contribution in [2.24, 2.45) is 5.16 Å². The van der Waals surface area contributed by atoms with Crippen LogP contribution in [0.4, 0.5) is 0 Å². The Morgan fingerprint density at radius 1 is 1.00 bits per heavy atom. The van der Waals surface area contributed by atoms with Gasteiger partial charge in [0.15, 0.2) is 0 Å². The minimum absolute atomic E-state index is 0.226. The highest BCUT2D eigenvalue weighted by molar-refractivity contribution is 7.08. The van der Waals surface area contributed by atoms with Crippen molar-refractivity contribution in [1.82, 2.24) is 4.57 Å². The van der Waals surface area contributed by atoms with Gasteiger partial charge in [0.25, 0.3) is 0 Å². The van der Waals surface area contributed by atoms with Crippen molar-refractivity contribution in [3.05, 3.63) is 70.9 Å². The van der Waals surface area contributed by atoms with E-state index in [2.05, 4.69) is 15.1 Å². The van der Waals surface area contributed by atoms with E-state index in [9.17, 15) is 5.11 Å². The highest BCUT2D eigenvalue weighted by Gasteiger charge is 2.19. The van der Waals surface area contributed by atoms with Gasteiger partial charge in [-0.3, -0.25) is 0 Å². The summed E-state index contributed by atoms with van der Waals surface area (Å²) in [6.45, 7) is 0. The third-order valence-electron chi connectivity index (χ3n) is 4.00. The molecule has 0 amide bonds. The first kappa shape index (κ1) is 14.5. The van der Waals surface area contributed by atoms with Crippen LogP contribution < -0.4 is 0 Å². The molecular formula is C19H14N2O2S. The maximum atomic E-state index is 9.60. The van der Waals surface area contributed by atoms with Crippen LogP contribution in [0.25, 0.3) is 27.8 Å². The number of fused-ring (bicyclic) bond motifs is 1. The summed E-state index contributed by atoms with van der Waals surface area (Å²) in [6, 6.07) is 17.1. The average Bonchev–Trinajstić information content (AvgIpc) is 3.23. The van der Waals surface area contributed by atoms with Crippen molar-refractivity contribution in [2.75, 3.05) is 0 Å². The van der Waals surface area contributed by atoms with Crippen LogP contribution in [0.5, 0.6) is 5.75 Å². The predicted octanol–water partition coefficient (Wildman–Crippen LogP) is 4.87. The second-order valence-electron chi connectivity index (χ2n) is 5.39. The van der Waals surface area contributed by atoms with E-state index in [1.807, 2.05) is 47.8 Å². The van der Waals surface area contributed by atoms with Crippen LogP contribution in [0, 0.1) is 0 Å². The third kappa shape index (κ3) is 2.26. The van der Waals surface area contributed by atoms with Gasteiger partial charge in [0.1, 0.15) is 5.75 Å². The van der Waals surface area contributed by atoms with Crippen LogP contribution in [-0.2, 0) is 0 Å². The molecule has 4 rings (SSSR count).